The van der Waals surface area contributed by atoms with E-state index in [1.165, 1.54) is 12.1 Å². The predicted molar refractivity (Wildman–Crippen MR) is 48.5 cm³/mol. The average Bonchev–Trinajstić information content (AvgIpc) is 2.03. The number of alkyl halides is 1. The summed E-state index contributed by atoms with van der Waals surface area (Å²) in [5.41, 5.74) is 1.21. The van der Waals surface area contributed by atoms with Crippen LogP contribution in [0.4, 0.5) is 4.39 Å². The third-order valence-electron chi connectivity index (χ3n) is 1.56. The topological polar surface area (TPSA) is 23.8 Å². The van der Waals surface area contributed by atoms with Gasteiger partial charge in [0.05, 0.1) is 11.6 Å². The number of rotatable bonds is 1. The van der Waals surface area contributed by atoms with Crippen LogP contribution in [0.25, 0.3) is 0 Å². The third kappa shape index (κ3) is 1.83. The van der Waals surface area contributed by atoms with Gasteiger partial charge in [-0.3, -0.25) is 0 Å². The third-order valence-corrected chi connectivity index (χ3v) is 2.06. The fraction of sp³-hybridized carbons (Fsp3) is 0.222. The van der Waals surface area contributed by atoms with Gasteiger partial charge in [-0.05, 0) is 24.6 Å². The normalized spacial score (nSPS) is 12.2. The van der Waals surface area contributed by atoms with Crippen molar-refractivity contribution in [3.8, 4) is 6.07 Å². The molecule has 0 saturated carbocycles. The molecule has 3 heteroatoms. The van der Waals surface area contributed by atoms with E-state index in [0.29, 0.717) is 5.56 Å². The van der Waals surface area contributed by atoms with E-state index < -0.39 is 0 Å². The summed E-state index contributed by atoms with van der Waals surface area (Å²) >= 11 is 3.33. The zero-order valence-corrected chi connectivity index (χ0v) is 8.10. The van der Waals surface area contributed by atoms with E-state index in [1.54, 1.807) is 6.07 Å². The number of hydrogen-bond donors (Lipinski definition) is 0. The number of nitrogens with zero attached hydrogens (tertiary/aromatic N) is 1. The quantitative estimate of drug-likeness (QED) is 0.677. The molecule has 1 rings (SSSR count). The summed E-state index contributed by atoms with van der Waals surface area (Å²) in [5.74, 6) is -0.372. The molecule has 0 radical (unpaired) electrons. The Morgan fingerprint density at radius 1 is 1.58 bits per heavy atom. The summed E-state index contributed by atoms with van der Waals surface area (Å²) in [5, 5.41) is 8.65. The van der Waals surface area contributed by atoms with Crippen molar-refractivity contribution in [1.82, 2.24) is 0 Å². The van der Waals surface area contributed by atoms with Gasteiger partial charge >= 0.3 is 0 Å². The van der Waals surface area contributed by atoms with Crippen LogP contribution in [0.15, 0.2) is 18.2 Å². The maximum atomic E-state index is 12.6. The largest absolute Gasteiger partial charge is 0.207 e. The van der Waals surface area contributed by atoms with Crippen LogP contribution >= 0.6 is 15.9 Å². The molecule has 1 aromatic rings. The van der Waals surface area contributed by atoms with E-state index in [4.69, 9.17) is 5.26 Å². The van der Waals surface area contributed by atoms with Gasteiger partial charge in [0.15, 0.2) is 0 Å². The lowest BCUT2D eigenvalue weighted by molar-refractivity contribution is 0.626. The molecule has 1 unspecified atom stereocenters. The highest BCUT2D eigenvalue weighted by Crippen LogP contribution is 2.25. The summed E-state index contributed by atoms with van der Waals surface area (Å²) in [6.07, 6.45) is 0. The standard InChI is InChI=1S/C9H7BrFN/c1-6(10)9-3-2-8(11)4-7(9)5-12/h2-4,6H,1H3. The minimum atomic E-state index is -0.372. The minimum Gasteiger partial charge on any atom is -0.207 e. The zero-order chi connectivity index (χ0) is 9.14. The molecule has 0 bridgehead atoms. The molecule has 0 N–H and O–H groups in total. The second-order valence-electron chi connectivity index (χ2n) is 2.46. The molecule has 0 fully saturated rings. The number of nitriles is 1. The van der Waals surface area contributed by atoms with Crippen molar-refractivity contribution in [1.29, 1.82) is 5.26 Å². The van der Waals surface area contributed by atoms with Crippen LogP contribution in [0.5, 0.6) is 0 Å². The molecular weight excluding hydrogens is 221 g/mol. The van der Waals surface area contributed by atoms with Crippen LogP contribution in [0, 0.1) is 17.1 Å². The maximum Gasteiger partial charge on any atom is 0.124 e. The first kappa shape index (κ1) is 9.21. The van der Waals surface area contributed by atoms with E-state index in [1.807, 2.05) is 13.0 Å². The molecule has 0 aromatic heterocycles. The van der Waals surface area contributed by atoms with Gasteiger partial charge in [-0.15, -0.1) is 0 Å². The van der Waals surface area contributed by atoms with Gasteiger partial charge in [-0.25, -0.2) is 4.39 Å². The molecule has 12 heavy (non-hydrogen) atoms. The fourth-order valence-electron chi connectivity index (χ4n) is 0.972. The summed E-state index contributed by atoms with van der Waals surface area (Å²) in [6, 6.07) is 6.16. The van der Waals surface area contributed by atoms with Crippen LogP contribution in [0.3, 0.4) is 0 Å². The van der Waals surface area contributed by atoms with E-state index >= 15 is 0 Å². The van der Waals surface area contributed by atoms with Gasteiger partial charge in [0.2, 0.25) is 0 Å². The molecule has 0 heterocycles. The minimum absolute atomic E-state index is 0.0766. The number of halogens is 2. The van der Waals surface area contributed by atoms with Crippen molar-refractivity contribution in [2.24, 2.45) is 0 Å². The van der Waals surface area contributed by atoms with Crippen LogP contribution in [-0.2, 0) is 0 Å². The summed E-state index contributed by atoms with van der Waals surface area (Å²) in [6.45, 7) is 1.90. The molecule has 1 atom stereocenters. The van der Waals surface area contributed by atoms with Crippen LogP contribution in [0.1, 0.15) is 22.9 Å². The first-order valence-corrected chi connectivity index (χ1v) is 4.40. The van der Waals surface area contributed by atoms with E-state index in [-0.39, 0.29) is 10.6 Å². The van der Waals surface area contributed by atoms with Gasteiger partial charge in [-0.1, -0.05) is 22.0 Å². The fourth-order valence-corrected chi connectivity index (χ4v) is 1.37. The van der Waals surface area contributed by atoms with E-state index in [0.717, 1.165) is 5.56 Å². The first-order chi connectivity index (χ1) is 5.65. The highest BCUT2D eigenvalue weighted by atomic mass is 79.9. The Labute approximate surface area is 79.0 Å². The highest BCUT2D eigenvalue weighted by Gasteiger charge is 2.07. The lowest BCUT2D eigenvalue weighted by atomic mass is 10.1. The lowest BCUT2D eigenvalue weighted by Gasteiger charge is -2.04. The Balaban J connectivity index is 3.23. The Hall–Kier alpha value is -0.880. The average molecular weight is 228 g/mol. The Bertz CT molecular complexity index is 328. The number of hydrogen-bond acceptors (Lipinski definition) is 1. The maximum absolute atomic E-state index is 12.6. The monoisotopic (exact) mass is 227 g/mol. The van der Waals surface area contributed by atoms with Gasteiger partial charge in [0, 0.05) is 4.83 Å². The summed E-state index contributed by atoms with van der Waals surface area (Å²) in [4.78, 5) is 0.0766. The Morgan fingerprint density at radius 2 is 2.25 bits per heavy atom. The molecule has 1 aromatic carbocycles. The van der Waals surface area contributed by atoms with Crippen molar-refractivity contribution in [2.75, 3.05) is 0 Å². The highest BCUT2D eigenvalue weighted by molar-refractivity contribution is 9.09. The van der Waals surface area contributed by atoms with E-state index in [9.17, 15) is 4.39 Å². The van der Waals surface area contributed by atoms with Crippen molar-refractivity contribution in [2.45, 2.75) is 11.8 Å². The van der Waals surface area contributed by atoms with Gasteiger partial charge in [0.25, 0.3) is 0 Å². The predicted octanol–water partition coefficient (Wildman–Crippen LogP) is 3.15. The molecule has 0 aliphatic heterocycles. The van der Waals surface area contributed by atoms with Gasteiger partial charge in [0.1, 0.15) is 5.82 Å². The van der Waals surface area contributed by atoms with Crippen molar-refractivity contribution < 1.29 is 4.39 Å². The number of benzene rings is 1. The second-order valence-corrected chi connectivity index (χ2v) is 3.83. The van der Waals surface area contributed by atoms with E-state index in [2.05, 4.69) is 15.9 Å². The lowest BCUT2D eigenvalue weighted by Crippen LogP contribution is -1.90. The molecular formula is C9H7BrFN. The molecule has 62 valence electrons. The smallest absolute Gasteiger partial charge is 0.124 e. The molecule has 0 spiro atoms. The molecule has 1 nitrogen and oxygen atoms in total. The van der Waals surface area contributed by atoms with Gasteiger partial charge in [-0.2, -0.15) is 5.26 Å². The van der Waals surface area contributed by atoms with Crippen molar-refractivity contribution in [3.63, 3.8) is 0 Å². The first-order valence-electron chi connectivity index (χ1n) is 3.48. The van der Waals surface area contributed by atoms with Gasteiger partial charge < -0.3 is 0 Å². The Kier molecular flexibility index (Phi) is 2.83. The summed E-state index contributed by atoms with van der Waals surface area (Å²) in [7, 11) is 0. The molecule has 0 saturated heterocycles. The SMILES string of the molecule is CC(Br)c1ccc(F)cc1C#N. The van der Waals surface area contributed by atoms with Crippen LogP contribution in [-0.4, -0.2) is 0 Å². The zero-order valence-electron chi connectivity index (χ0n) is 6.51. The molecule has 0 aliphatic carbocycles. The molecule has 0 amide bonds. The van der Waals surface area contributed by atoms with Crippen LogP contribution in [0.2, 0.25) is 0 Å². The van der Waals surface area contributed by atoms with Crippen LogP contribution < -0.4 is 0 Å². The Morgan fingerprint density at radius 3 is 2.75 bits per heavy atom. The van der Waals surface area contributed by atoms with Crippen molar-refractivity contribution in [3.05, 3.63) is 35.1 Å². The van der Waals surface area contributed by atoms with Crippen molar-refractivity contribution >= 4 is 15.9 Å². The second kappa shape index (κ2) is 3.68. The summed E-state index contributed by atoms with van der Waals surface area (Å²) < 4.78 is 12.6. The molecule has 0 aliphatic rings.